The van der Waals surface area contributed by atoms with Gasteiger partial charge in [-0.05, 0) is 94.9 Å². The first-order valence-corrected chi connectivity index (χ1v) is 14.1. The molecule has 4 N–H and O–H groups in total. The van der Waals surface area contributed by atoms with E-state index in [1.54, 1.807) is 36.4 Å². The summed E-state index contributed by atoms with van der Waals surface area (Å²) in [7, 11) is 0. The number of aromatic nitrogens is 2. The number of hydrogen-bond donors (Lipinski definition) is 4. The highest BCUT2D eigenvalue weighted by molar-refractivity contribution is 8.18. The Labute approximate surface area is 244 Å². The molecule has 13 heteroatoms. The molecule has 4 aromatic rings. The first-order valence-electron chi connectivity index (χ1n) is 13.3. The number of hydrogen-bond acceptors (Lipinski definition) is 11. The van der Waals surface area contributed by atoms with Gasteiger partial charge < -0.3 is 10.6 Å². The maximum Gasteiger partial charge on any atom is 0.293 e. The van der Waals surface area contributed by atoms with Gasteiger partial charge in [0.05, 0.1) is 10.6 Å². The highest BCUT2D eigenvalue weighted by atomic mass is 32.2. The topological polar surface area (TPSA) is 161 Å². The van der Waals surface area contributed by atoms with E-state index in [0.717, 1.165) is 23.7 Å². The molecule has 1 aliphatic heterocycles. The molecule has 0 spiro atoms. The van der Waals surface area contributed by atoms with Crippen LogP contribution in [0.5, 0.6) is 0 Å². The minimum absolute atomic E-state index is 0.0106. The molecule has 5 rings (SSSR count). The molecule has 2 heterocycles. The third-order valence-electron chi connectivity index (χ3n) is 6.69. The van der Waals surface area contributed by atoms with E-state index in [0.29, 0.717) is 46.7 Å². The first-order chi connectivity index (χ1) is 20.3. The Morgan fingerprint density at radius 3 is 2.45 bits per heavy atom. The van der Waals surface area contributed by atoms with Gasteiger partial charge in [0.25, 0.3) is 17.1 Å². The van der Waals surface area contributed by atoms with Gasteiger partial charge >= 0.3 is 0 Å². The van der Waals surface area contributed by atoms with Crippen molar-refractivity contribution in [2.24, 2.45) is 0 Å². The van der Waals surface area contributed by atoms with Crippen molar-refractivity contribution >= 4 is 63.0 Å². The number of nitrogens with zero attached hydrogens (tertiary/aromatic N) is 4. The number of anilines is 3. The summed E-state index contributed by atoms with van der Waals surface area (Å²) in [4.78, 5) is 39.4. The summed E-state index contributed by atoms with van der Waals surface area (Å²) in [5.74, 6) is -0.536. The summed E-state index contributed by atoms with van der Waals surface area (Å²) >= 11 is 0.947. The van der Waals surface area contributed by atoms with Crippen LogP contribution in [0.3, 0.4) is 0 Å². The number of thioether (sulfide) groups is 1. The lowest BCUT2D eigenvalue weighted by atomic mass is 10.1. The van der Waals surface area contributed by atoms with Crippen molar-refractivity contribution in [3.8, 4) is 0 Å². The number of carbonyl (C=O) groups excluding carboxylic acids is 3. The smallest absolute Gasteiger partial charge is 0.293 e. The van der Waals surface area contributed by atoms with E-state index in [9.17, 15) is 24.8 Å². The fraction of sp³-hybridized carbons (Fsp3) is 0.207. The van der Waals surface area contributed by atoms with E-state index in [2.05, 4.69) is 27.9 Å². The number of unbranched alkanes of at least 4 members (excludes halogenated alkanes) is 1. The molecule has 3 aromatic carbocycles. The van der Waals surface area contributed by atoms with Crippen LogP contribution < -0.4 is 15.9 Å². The van der Waals surface area contributed by atoms with Crippen LogP contribution in [0.2, 0.25) is 0 Å². The number of fused-ring (bicyclic) bond motifs is 1. The number of nitrogens with one attached hydrogen (secondary N) is 2. The number of aryl methyl sites for hydroxylation is 1. The number of amides is 3. The van der Waals surface area contributed by atoms with Gasteiger partial charge in [-0.15, -0.1) is 5.23 Å². The Bertz CT molecular complexity index is 1630. The van der Waals surface area contributed by atoms with Gasteiger partial charge in [0.1, 0.15) is 5.69 Å². The van der Waals surface area contributed by atoms with E-state index < -0.39 is 0 Å². The van der Waals surface area contributed by atoms with Crippen molar-refractivity contribution in [1.29, 1.82) is 0 Å². The zero-order valence-corrected chi connectivity index (χ0v) is 23.4. The van der Waals surface area contributed by atoms with Crippen LogP contribution in [-0.4, -0.2) is 55.8 Å². The van der Waals surface area contributed by atoms with Crippen LogP contribution in [0, 0.1) is 0 Å². The molecule has 1 saturated heterocycles. The molecule has 0 bridgehead atoms. The molecular formula is C29H28N6O6S. The van der Waals surface area contributed by atoms with E-state index in [-0.39, 0.29) is 40.0 Å². The first kappa shape index (κ1) is 28.8. The Hall–Kier alpha value is -4.72. The van der Waals surface area contributed by atoms with E-state index >= 15 is 0 Å². The summed E-state index contributed by atoms with van der Waals surface area (Å²) in [6.45, 7) is 2.76. The van der Waals surface area contributed by atoms with Gasteiger partial charge in [-0.1, -0.05) is 31.2 Å². The van der Waals surface area contributed by atoms with Gasteiger partial charge in [0.15, 0.2) is 11.0 Å². The second-order valence-electron chi connectivity index (χ2n) is 9.48. The number of carbonyl (C=O) groups is 3. The summed E-state index contributed by atoms with van der Waals surface area (Å²) in [5, 5.41) is 31.8. The van der Waals surface area contributed by atoms with Gasteiger partial charge in [0, 0.05) is 24.3 Å². The maximum atomic E-state index is 12.7. The van der Waals surface area contributed by atoms with Crippen molar-refractivity contribution in [3.63, 3.8) is 0 Å². The minimum atomic E-state index is -0.289. The summed E-state index contributed by atoms with van der Waals surface area (Å²) < 4.78 is 4.73. The normalized spacial score (nSPS) is 14.2. The van der Waals surface area contributed by atoms with Gasteiger partial charge in [-0.3, -0.25) is 29.7 Å². The number of imide groups is 1. The average Bonchev–Trinajstić information content (AvgIpc) is 3.58. The molecule has 216 valence electrons. The monoisotopic (exact) mass is 588 g/mol. The van der Waals surface area contributed by atoms with Crippen LogP contribution in [0.15, 0.2) is 70.2 Å². The van der Waals surface area contributed by atoms with Crippen LogP contribution in [0.25, 0.3) is 17.1 Å². The third-order valence-corrected chi connectivity index (χ3v) is 7.60. The Morgan fingerprint density at radius 1 is 1.00 bits per heavy atom. The highest BCUT2D eigenvalue weighted by Gasteiger charge is 2.34. The van der Waals surface area contributed by atoms with Crippen molar-refractivity contribution in [2.45, 2.75) is 26.2 Å². The van der Waals surface area contributed by atoms with Crippen molar-refractivity contribution < 1.29 is 29.4 Å². The van der Waals surface area contributed by atoms with Gasteiger partial charge in [-0.25, -0.2) is 4.63 Å². The molecule has 0 radical (unpaired) electrons. The molecule has 3 amide bonds. The number of rotatable bonds is 11. The molecule has 42 heavy (non-hydrogen) atoms. The van der Waals surface area contributed by atoms with Crippen LogP contribution >= 0.6 is 11.8 Å². The number of benzene rings is 3. The zero-order chi connectivity index (χ0) is 29.6. The summed E-state index contributed by atoms with van der Waals surface area (Å²) in [5.41, 5.74) is 4.20. The second kappa shape index (κ2) is 12.9. The highest BCUT2D eigenvalue weighted by Crippen LogP contribution is 2.33. The Morgan fingerprint density at radius 2 is 1.74 bits per heavy atom. The lowest BCUT2D eigenvalue weighted by Gasteiger charge is -2.12. The summed E-state index contributed by atoms with van der Waals surface area (Å²) in [6.07, 6.45) is 3.84. The maximum absolute atomic E-state index is 12.7. The molecule has 12 nitrogen and oxygen atoms in total. The predicted octanol–water partition coefficient (Wildman–Crippen LogP) is 5.36. The van der Waals surface area contributed by atoms with Gasteiger partial charge in [0.2, 0.25) is 0 Å². The molecule has 0 aliphatic carbocycles. The molecule has 0 unspecified atom stereocenters. The Balaban J connectivity index is 1.08. The lowest BCUT2D eigenvalue weighted by Crippen LogP contribution is -2.30. The second-order valence-corrected chi connectivity index (χ2v) is 10.5. The third kappa shape index (κ3) is 6.43. The van der Waals surface area contributed by atoms with Crippen LogP contribution in [0.1, 0.15) is 41.3 Å². The fourth-order valence-electron chi connectivity index (χ4n) is 4.37. The standard InChI is InChI=1S/C29H28N6O6S/c1-2-18-5-7-19(8-6-18)17-24-28(37)34(29(38)42-24)16-4-3-15-30-27(36)20-9-11-21(12-10-20)31-22-13-14-23(35(39)40)26-25(22)32-41-33-26/h5-14,17,31,39-40H,2-4,15-16H2,1H3,(H,30,36)/b24-17-. The van der Waals surface area contributed by atoms with Crippen molar-refractivity contribution in [2.75, 3.05) is 23.6 Å². The minimum Gasteiger partial charge on any atom is -0.354 e. The Kier molecular flexibility index (Phi) is 8.81. The largest absolute Gasteiger partial charge is 0.354 e. The van der Waals surface area contributed by atoms with E-state index in [4.69, 9.17) is 4.63 Å². The van der Waals surface area contributed by atoms with E-state index in [1.807, 2.05) is 24.3 Å². The lowest BCUT2D eigenvalue weighted by molar-refractivity contribution is -0.122. The van der Waals surface area contributed by atoms with Crippen molar-refractivity contribution in [3.05, 3.63) is 82.3 Å². The molecule has 1 aliphatic rings. The molecule has 0 saturated carbocycles. The molecule has 1 fully saturated rings. The molecular weight excluding hydrogens is 560 g/mol. The quantitative estimate of drug-likeness (QED) is 0.101. The van der Waals surface area contributed by atoms with Crippen LogP contribution in [-0.2, 0) is 11.2 Å². The van der Waals surface area contributed by atoms with Crippen molar-refractivity contribution in [1.82, 2.24) is 20.5 Å². The van der Waals surface area contributed by atoms with E-state index in [1.165, 1.54) is 16.5 Å². The SMILES string of the molecule is CCc1ccc(/C=C2\SC(=O)N(CCCCNC(=O)c3ccc(Nc4ccc(N(O)O)c5nonc45)cc3)C2=O)cc1. The predicted molar refractivity (Wildman–Crippen MR) is 158 cm³/mol. The summed E-state index contributed by atoms with van der Waals surface area (Å²) in [6, 6.07) is 17.7. The van der Waals surface area contributed by atoms with Crippen LogP contribution in [0.4, 0.5) is 21.9 Å². The molecule has 1 aromatic heterocycles. The average molecular weight is 589 g/mol. The fourth-order valence-corrected chi connectivity index (χ4v) is 5.23. The molecule has 0 atom stereocenters. The van der Waals surface area contributed by atoms with Gasteiger partial charge in [-0.2, -0.15) is 0 Å². The zero-order valence-electron chi connectivity index (χ0n) is 22.6.